The summed E-state index contributed by atoms with van der Waals surface area (Å²) >= 11 is 0. The van der Waals surface area contributed by atoms with E-state index in [0.717, 1.165) is 33.6 Å². The molecule has 0 N–H and O–H groups in total. The normalized spacial score (nSPS) is 14.1. The predicted molar refractivity (Wildman–Crippen MR) is 242 cm³/mol. The van der Waals surface area contributed by atoms with Crippen molar-refractivity contribution in [3.8, 4) is 78.4 Å². The van der Waals surface area contributed by atoms with Crippen LogP contribution in [0.1, 0.15) is 49.9 Å². The lowest BCUT2D eigenvalue weighted by atomic mass is 9.78. The van der Waals surface area contributed by atoms with E-state index >= 15 is 0 Å². The molecule has 0 saturated heterocycles. The third kappa shape index (κ3) is 5.18. The number of hydrogen-bond donors (Lipinski definition) is 0. The molecule has 0 atom stereocenters. The molecule has 1 heterocycles. The molecule has 58 heavy (non-hydrogen) atoms. The van der Waals surface area contributed by atoms with Crippen LogP contribution in [0, 0.1) is 0 Å². The minimum absolute atomic E-state index is 0.120. The zero-order valence-corrected chi connectivity index (χ0v) is 33.2. The zero-order valence-electron chi connectivity index (χ0n) is 33.2. The topological polar surface area (TPSA) is 25.8 Å². The van der Waals surface area contributed by atoms with Gasteiger partial charge in [0.1, 0.15) is 0 Å². The van der Waals surface area contributed by atoms with Gasteiger partial charge < -0.3 is 0 Å². The maximum atomic E-state index is 5.35. The average molecular weight is 743 g/mol. The lowest BCUT2D eigenvalue weighted by molar-refractivity contribution is 0.661. The highest BCUT2D eigenvalue weighted by Crippen LogP contribution is 2.55. The summed E-state index contributed by atoms with van der Waals surface area (Å²) in [5.74, 6) is 0.710. The summed E-state index contributed by atoms with van der Waals surface area (Å²) in [5, 5.41) is 2.54. The lowest BCUT2D eigenvalue weighted by Gasteiger charge is -2.24. The number of aromatic nitrogens is 2. The molecule has 2 heteroatoms. The highest BCUT2D eigenvalue weighted by atomic mass is 14.9. The maximum absolute atomic E-state index is 5.35. The first kappa shape index (κ1) is 34.4. The number of rotatable bonds is 5. The molecule has 0 fully saturated rings. The van der Waals surface area contributed by atoms with Gasteiger partial charge in [-0.2, -0.15) is 0 Å². The van der Waals surface area contributed by atoms with Gasteiger partial charge in [-0.1, -0.05) is 185 Å². The zero-order chi connectivity index (χ0) is 39.2. The molecule has 2 nitrogen and oxygen atoms in total. The van der Waals surface area contributed by atoms with Crippen LogP contribution >= 0.6 is 0 Å². The van der Waals surface area contributed by atoms with Crippen LogP contribution in [-0.2, 0) is 10.8 Å². The second-order valence-electron chi connectivity index (χ2n) is 17.0. The van der Waals surface area contributed by atoms with Crippen LogP contribution in [0.5, 0.6) is 0 Å². The fraction of sp³-hybridized carbons (Fsp3) is 0.107. The van der Waals surface area contributed by atoms with Gasteiger partial charge in [-0.15, -0.1) is 0 Å². The SMILES string of the molecule is CC1(C)c2cc3ccccc3cc2-c2c(-c3ccccc3-c3cc(-c4cccc(-c5cccc6c5C(C)(C)c5ccccc5-6)c4)nc(-c4ccccc4)n3)cccc21. The second-order valence-corrected chi connectivity index (χ2v) is 17.0. The van der Waals surface area contributed by atoms with Crippen LogP contribution in [0.4, 0.5) is 0 Å². The van der Waals surface area contributed by atoms with E-state index in [1.165, 1.54) is 72.0 Å². The Balaban J connectivity index is 1.09. The quantitative estimate of drug-likeness (QED) is 0.175. The lowest BCUT2D eigenvalue weighted by Crippen LogP contribution is -2.16. The molecule has 0 aliphatic heterocycles. The third-order valence-electron chi connectivity index (χ3n) is 12.9. The average Bonchev–Trinajstić information content (AvgIpc) is 3.65. The van der Waals surface area contributed by atoms with Crippen molar-refractivity contribution in [2.24, 2.45) is 0 Å². The molecule has 9 aromatic rings. The standard InChI is InChI=1S/C56H42N2/c1-55(2)48-30-16-27-44(52(48)46-32-36-19-8-9-20-37(36)33-49(46)55)41-23-10-11-25-43(41)51-34-50(57-54(58-51)35-17-6-5-7-18-35)39-22-14-21-38(31-39)40-26-15-28-45-42-24-12-13-29-47(42)56(3,4)53(40)45/h5-34H,1-4H3. The third-order valence-corrected chi connectivity index (χ3v) is 12.9. The Labute approximate surface area is 340 Å². The first-order valence-corrected chi connectivity index (χ1v) is 20.3. The molecule has 2 aliphatic carbocycles. The molecule has 276 valence electrons. The van der Waals surface area contributed by atoms with E-state index in [4.69, 9.17) is 9.97 Å². The first-order valence-electron chi connectivity index (χ1n) is 20.3. The molecular weight excluding hydrogens is 701 g/mol. The maximum Gasteiger partial charge on any atom is 0.160 e. The van der Waals surface area contributed by atoms with Crippen LogP contribution in [0.3, 0.4) is 0 Å². The van der Waals surface area contributed by atoms with Crippen molar-refractivity contribution >= 4 is 10.8 Å². The van der Waals surface area contributed by atoms with E-state index < -0.39 is 0 Å². The fourth-order valence-corrected chi connectivity index (χ4v) is 10.0. The molecule has 0 saturated carbocycles. The Hall–Kier alpha value is -6.90. The van der Waals surface area contributed by atoms with Gasteiger partial charge in [0.25, 0.3) is 0 Å². The van der Waals surface area contributed by atoms with Crippen LogP contribution in [-0.4, -0.2) is 9.97 Å². The van der Waals surface area contributed by atoms with Crippen molar-refractivity contribution in [2.45, 2.75) is 38.5 Å². The van der Waals surface area contributed by atoms with E-state index in [9.17, 15) is 0 Å². The minimum atomic E-state index is -0.135. The van der Waals surface area contributed by atoms with Gasteiger partial charge in [0.05, 0.1) is 11.4 Å². The second kappa shape index (κ2) is 12.8. The molecule has 0 unspecified atom stereocenters. The largest absolute Gasteiger partial charge is 0.228 e. The van der Waals surface area contributed by atoms with E-state index in [2.05, 4.69) is 204 Å². The molecule has 11 rings (SSSR count). The highest BCUT2D eigenvalue weighted by Gasteiger charge is 2.38. The summed E-state index contributed by atoms with van der Waals surface area (Å²) in [4.78, 5) is 10.6. The molecule has 0 radical (unpaired) electrons. The molecule has 0 spiro atoms. The summed E-state index contributed by atoms with van der Waals surface area (Å²) < 4.78 is 0. The molecule has 2 aliphatic rings. The van der Waals surface area contributed by atoms with Gasteiger partial charge in [0.2, 0.25) is 0 Å². The fourth-order valence-electron chi connectivity index (χ4n) is 10.0. The molecule has 8 aromatic carbocycles. The highest BCUT2D eigenvalue weighted by molar-refractivity contribution is 6.01. The minimum Gasteiger partial charge on any atom is -0.228 e. The van der Waals surface area contributed by atoms with Gasteiger partial charge in [-0.25, -0.2) is 9.97 Å². The van der Waals surface area contributed by atoms with Crippen LogP contribution in [0.2, 0.25) is 0 Å². The molecule has 0 amide bonds. The Morgan fingerprint density at radius 3 is 1.72 bits per heavy atom. The Morgan fingerprint density at radius 2 is 0.897 bits per heavy atom. The van der Waals surface area contributed by atoms with Gasteiger partial charge in [0.15, 0.2) is 5.82 Å². The first-order chi connectivity index (χ1) is 28.3. The van der Waals surface area contributed by atoms with Gasteiger partial charge in [0, 0.05) is 27.5 Å². The number of fused-ring (bicyclic) bond motifs is 7. The predicted octanol–water partition coefficient (Wildman–Crippen LogP) is 14.6. The van der Waals surface area contributed by atoms with Gasteiger partial charge >= 0.3 is 0 Å². The number of benzene rings is 8. The van der Waals surface area contributed by atoms with Crippen LogP contribution < -0.4 is 0 Å². The number of nitrogens with zero attached hydrogens (tertiary/aromatic N) is 2. The van der Waals surface area contributed by atoms with Gasteiger partial charge in [-0.3, -0.25) is 0 Å². The van der Waals surface area contributed by atoms with Crippen LogP contribution in [0.25, 0.3) is 89.2 Å². The summed E-state index contributed by atoms with van der Waals surface area (Å²) in [7, 11) is 0. The monoisotopic (exact) mass is 742 g/mol. The number of hydrogen-bond acceptors (Lipinski definition) is 2. The van der Waals surface area contributed by atoms with E-state index in [0.29, 0.717) is 5.82 Å². The molecule has 0 bridgehead atoms. The van der Waals surface area contributed by atoms with Crippen molar-refractivity contribution in [3.63, 3.8) is 0 Å². The van der Waals surface area contributed by atoms with Crippen molar-refractivity contribution < 1.29 is 0 Å². The summed E-state index contributed by atoms with van der Waals surface area (Å²) in [6, 6.07) is 66.2. The Morgan fingerprint density at radius 1 is 0.328 bits per heavy atom. The summed E-state index contributed by atoms with van der Waals surface area (Å²) in [5.41, 5.74) is 20.3. The summed E-state index contributed by atoms with van der Waals surface area (Å²) in [6.07, 6.45) is 0. The molecule has 1 aromatic heterocycles. The summed E-state index contributed by atoms with van der Waals surface area (Å²) in [6.45, 7) is 9.44. The van der Waals surface area contributed by atoms with Crippen molar-refractivity contribution in [2.75, 3.05) is 0 Å². The Kier molecular flexibility index (Phi) is 7.59. The van der Waals surface area contributed by atoms with Crippen molar-refractivity contribution in [3.05, 3.63) is 204 Å². The van der Waals surface area contributed by atoms with Crippen molar-refractivity contribution in [1.29, 1.82) is 0 Å². The van der Waals surface area contributed by atoms with Crippen molar-refractivity contribution in [1.82, 2.24) is 9.97 Å². The van der Waals surface area contributed by atoms with E-state index in [1.807, 2.05) is 6.07 Å². The smallest absolute Gasteiger partial charge is 0.160 e. The molecular formula is C56H42N2. The Bertz CT molecular complexity index is 3110. The van der Waals surface area contributed by atoms with E-state index in [-0.39, 0.29) is 10.8 Å². The van der Waals surface area contributed by atoms with Crippen LogP contribution in [0.15, 0.2) is 182 Å². The van der Waals surface area contributed by atoms with E-state index in [1.54, 1.807) is 0 Å². The van der Waals surface area contributed by atoms with Gasteiger partial charge in [-0.05, 0) is 102 Å².